The third-order valence-electron chi connectivity index (χ3n) is 5.34. The number of amides is 3. The first-order valence-corrected chi connectivity index (χ1v) is 10.6. The maximum absolute atomic E-state index is 13.6. The molecule has 0 bridgehead atoms. The van der Waals surface area contributed by atoms with Crippen molar-refractivity contribution in [3.8, 4) is 0 Å². The van der Waals surface area contributed by atoms with E-state index in [0.717, 1.165) is 11.1 Å². The second-order valence-electron chi connectivity index (χ2n) is 7.44. The second kappa shape index (κ2) is 8.99. The molecule has 1 saturated heterocycles. The van der Waals surface area contributed by atoms with Crippen molar-refractivity contribution in [2.45, 2.75) is 12.1 Å². The third kappa shape index (κ3) is 4.38. The zero-order valence-electron chi connectivity index (χ0n) is 16.8. The van der Waals surface area contributed by atoms with Crippen molar-refractivity contribution < 1.29 is 14.0 Å². The van der Waals surface area contributed by atoms with Crippen LogP contribution in [0.1, 0.15) is 28.8 Å². The molecule has 1 unspecified atom stereocenters. The predicted octanol–water partition coefficient (Wildman–Crippen LogP) is 4.86. The molecule has 3 amide bonds. The molecule has 0 aromatic heterocycles. The van der Waals surface area contributed by atoms with Crippen molar-refractivity contribution in [1.29, 1.82) is 0 Å². The minimum absolute atomic E-state index is 0.109. The third-order valence-corrected chi connectivity index (χ3v) is 5.95. The van der Waals surface area contributed by atoms with Gasteiger partial charge in [0.05, 0.1) is 17.2 Å². The average molecular weight is 482 g/mol. The van der Waals surface area contributed by atoms with E-state index in [-0.39, 0.29) is 23.1 Å². The number of halogens is 2. The SMILES string of the molecule is CN(CN1C(=O)NC(c2ccc(F)c(Br)c2)C1=O)C(c1ccccc1)c1ccccc1. The van der Waals surface area contributed by atoms with Gasteiger partial charge in [-0.25, -0.2) is 14.1 Å². The molecule has 0 saturated carbocycles. The summed E-state index contributed by atoms with van der Waals surface area (Å²) in [5.41, 5.74) is 2.64. The number of rotatable bonds is 6. The highest BCUT2D eigenvalue weighted by molar-refractivity contribution is 9.10. The van der Waals surface area contributed by atoms with E-state index >= 15 is 0 Å². The van der Waals surface area contributed by atoms with E-state index < -0.39 is 17.9 Å². The average Bonchev–Trinajstić information content (AvgIpc) is 3.05. The molecule has 3 aromatic carbocycles. The Hall–Kier alpha value is -3.03. The Morgan fingerprint density at radius 3 is 2.13 bits per heavy atom. The number of hydrogen-bond donors (Lipinski definition) is 1. The summed E-state index contributed by atoms with van der Waals surface area (Å²) < 4.78 is 13.8. The lowest BCUT2D eigenvalue weighted by molar-refractivity contribution is -0.129. The van der Waals surface area contributed by atoms with Crippen LogP contribution < -0.4 is 5.32 Å². The summed E-state index contributed by atoms with van der Waals surface area (Å²) in [5, 5.41) is 2.71. The molecule has 158 valence electrons. The minimum Gasteiger partial charge on any atom is -0.322 e. The Kier molecular flexibility index (Phi) is 6.15. The first-order valence-electron chi connectivity index (χ1n) is 9.82. The van der Waals surface area contributed by atoms with Gasteiger partial charge in [0.1, 0.15) is 11.9 Å². The minimum atomic E-state index is -0.843. The molecule has 1 aliphatic heterocycles. The van der Waals surface area contributed by atoms with Crippen LogP contribution in [0.3, 0.4) is 0 Å². The van der Waals surface area contributed by atoms with Gasteiger partial charge in [0, 0.05) is 0 Å². The summed E-state index contributed by atoms with van der Waals surface area (Å²) in [7, 11) is 1.88. The van der Waals surface area contributed by atoms with Gasteiger partial charge in [-0.3, -0.25) is 9.69 Å². The van der Waals surface area contributed by atoms with E-state index in [4.69, 9.17) is 0 Å². The molecule has 7 heteroatoms. The number of carbonyl (C=O) groups is 2. The highest BCUT2D eigenvalue weighted by atomic mass is 79.9. The number of hydrogen-bond acceptors (Lipinski definition) is 3. The molecule has 0 aliphatic carbocycles. The molecule has 3 aromatic rings. The molecule has 0 radical (unpaired) electrons. The summed E-state index contributed by atoms with van der Waals surface area (Å²) in [6, 6.07) is 22.7. The van der Waals surface area contributed by atoms with Crippen LogP contribution in [0.4, 0.5) is 9.18 Å². The zero-order valence-corrected chi connectivity index (χ0v) is 18.4. The first-order chi connectivity index (χ1) is 15.0. The number of nitrogens with zero attached hydrogens (tertiary/aromatic N) is 2. The Morgan fingerprint density at radius 1 is 1.00 bits per heavy atom. The maximum Gasteiger partial charge on any atom is 0.326 e. The number of imide groups is 1. The maximum atomic E-state index is 13.6. The molecule has 1 heterocycles. The summed E-state index contributed by atoms with van der Waals surface area (Å²) >= 11 is 3.13. The van der Waals surface area contributed by atoms with E-state index in [2.05, 4.69) is 21.2 Å². The summed E-state index contributed by atoms with van der Waals surface area (Å²) in [4.78, 5) is 28.8. The van der Waals surface area contributed by atoms with Crippen LogP contribution in [0.25, 0.3) is 0 Å². The molecule has 1 N–H and O–H groups in total. The lowest BCUT2D eigenvalue weighted by atomic mass is 9.98. The summed E-state index contributed by atoms with van der Waals surface area (Å²) in [6.07, 6.45) is 0. The Morgan fingerprint density at radius 2 is 1.58 bits per heavy atom. The topological polar surface area (TPSA) is 52.6 Å². The quantitative estimate of drug-likeness (QED) is 0.511. The van der Waals surface area contributed by atoms with Crippen LogP contribution in [0.5, 0.6) is 0 Å². The fourth-order valence-corrected chi connectivity index (χ4v) is 4.24. The smallest absolute Gasteiger partial charge is 0.322 e. The Labute approximate surface area is 188 Å². The Bertz CT molecular complexity index is 1050. The van der Waals surface area contributed by atoms with E-state index in [0.29, 0.717) is 5.56 Å². The molecular formula is C24H21BrFN3O2. The molecule has 5 nitrogen and oxygen atoms in total. The van der Waals surface area contributed by atoms with E-state index in [1.54, 1.807) is 0 Å². The van der Waals surface area contributed by atoms with Gasteiger partial charge in [-0.1, -0.05) is 66.7 Å². The van der Waals surface area contributed by atoms with Crippen LogP contribution in [-0.4, -0.2) is 35.5 Å². The van der Waals surface area contributed by atoms with Crippen LogP contribution in [-0.2, 0) is 4.79 Å². The van der Waals surface area contributed by atoms with Gasteiger partial charge in [-0.05, 0) is 51.8 Å². The number of benzene rings is 3. The van der Waals surface area contributed by atoms with Crippen LogP contribution in [0.2, 0.25) is 0 Å². The summed E-state index contributed by atoms with van der Waals surface area (Å²) in [5.74, 6) is -0.791. The van der Waals surface area contributed by atoms with Crippen molar-refractivity contribution in [2.24, 2.45) is 0 Å². The number of nitrogens with one attached hydrogen (secondary N) is 1. The molecule has 1 atom stereocenters. The van der Waals surface area contributed by atoms with Gasteiger partial charge in [0.2, 0.25) is 0 Å². The van der Waals surface area contributed by atoms with Gasteiger partial charge < -0.3 is 5.32 Å². The van der Waals surface area contributed by atoms with Gasteiger partial charge in [0.25, 0.3) is 5.91 Å². The lowest BCUT2D eigenvalue weighted by Crippen LogP contribution is -2.41. The van der Waals surface area contributed by atoms with Crippen LogP contribution in [0, 0.1) is 5.82 Å². The van der Waals surface area contributed by atoms with E-state index in [1.807, 2.05) is 72.6 Å². The highest BCUT2D eigenvalue weighted by Crippen LogP contribution is 2.30. The normalized spacial score (nSPS) is 16.3. The van der Waals surface area contributed by atoms with Crippen molar-refractivity contribution in [1.82, 2.24) is 15.1 Å². The number of urea groups is 1. The van der Waals surface area contributed by atoms with Gasteiger partial charge in [-0.2, -0.15) is 0 Å². The monoisotopic (exact) mass is 481 g/mol. The van der Waals surface area contributed by atoms with E-state index in [1.165, 1.54) is 23.1 Å². The molecule has 1 fully saturated rings. The zero-order chi connectivity index (χ0) is 22.0. The molecule has 1 aliphatic rings. The van der Waals surface area contributed by atoms with E-state index in [9.17, 15) is 14.0 Å². The summed E-state index contributed by atoms with van der Waals surface area (Å²) in [6.45, 7) is 0.109. The molecule has 0 spiro atoms. The predicted molar refractivity (Wildman–Crippen MR) is 120 cm³/mol. The van der Waals surface area contributed by atoms with Gasteiger partial charge in [0.15, 0.2) is 0 Å². The van der Waals surface area contributed by atoms with Crippen LogP contribution in [0.15, 0.2) is 83.3 Å². The van der Waals surface area contributed by atoms with Crippen LogP contribution >= 0.6 is 15.9 Å². The standard InChI is InChI=1S/C24H21BrFN3O2/c1-28(22(16-8-4-2-5-9-16)17-10-6-3-7-11-17)15-29-23(30)21(27-24(29)31)18-12-13-20(26)19(25)14-18/h2-14,21-22H,15H2,1H3,(H,27,31). The first kappa shape index (κ1) is 21.2. The van der Waals surface area contributed by atoms with Gasteiger partial charge >= 0.3 is 6.03 Å². The van der Waals surface area contributed by atoms with Gasteiger partial charge in [-0.15, -0.1) is 0 Å². The molecular weight excluding hydrogens is 461 g/mol. The van der Waals surface area contributed by atoms with Crippen molar-refractivity contribution in [2.75, 3.05) is 13.7 Å². The lowest BCUT2D eigenvalue weighted by Gasteiger charge is -2.31. The van der Waals surface area contributed by atoms with Crippen molar-refractivity contribution >= 4 is 27.9 Å². The highest BCUT2D eigenvalue weighted by Gasteiger charge is 2.40. The van der Waals surface area contributed by atoms with Crippen molar-refractivity contribution in [3.05, 3.63) is 106 Å². The molecule has 4 rings (SSSR count). The van der Waals surface area contributed by atoms with Crippen molar-refractivity contribution in [3.63, 3.8) is 0 Å². The fraction of sp³-hybridized carbons (Fsp3) is 0.167. The fourth-order valence-electron chi connectivity index (χ4n) is 3.85. The number of carbonyl (C=O) groups excluding carboxylic acids is 2. The second-order valence-corrected chi connectivity index (χ2v) is 8.30. The Balaban J connectivity index is 1.58. The molecule has 31 heavy (non-hydrogen) atoms. The largest absolute Gasteiger partial charge is 0.326 e.